The zero-order chi connectivity index (χ0) is 11.9. The van der Waals surface area contributed by atoms with Crippen LogP contribution < -0.4 is 0 Å². The van der Waals surface area contributed by atoms with Gasteiger partial charge in [0.05, 0.1) is 17.4 Å². The van der Waals surface area contributed by atoms with Crippen LogP contribution in [-0.2, 0) is 19.4 Å². The normalized spacial score (nSPS) is 33.2. The van der Waals surface area contributed by atoms with E-state index in [2.05, 4.69) is 0 Å². The first-order chi connectivity index (χ1) is 7.39. The Morgan fingerprint density at radius 2 is 2.12 bits per heavy atom. The lowest BCUT2D eigenvalue weighted by atomic mass is 10.1. The van der Waals surface area contributed by atoms with Crippen LogP contribution in [0.2, 0.25) is 0 Å². The lowest BCUT2D eigenvalue weighted by Gasteiger charge is -2.22. The monoisotopic (exact) mass is 247 g/mol. The van der Waals surface area contributed by atoms with Gasteiger partial charge < -0.3 is 10.0 Å². The Labute approximate surface area is 93.1 Å². The fraction of sp³-hybridized carbons (Fsp3) is 0.778. The highest BCUT2D eigenvalue weighted by molar-refractivity contribution is 7.91. The van der Waals surface area contributed by atoms with Crippen molar-refractivity contribution in [3.05, 3.63) is 0 Å². The van der Waals surface area contributed by atoms with Crippen molar-refractivity contribution in [1.29, 1.82) is 0 Å². The number of carboxylic acid groups (broad SMARTS) is 1. The molecule has 2 fully saturated rings. The predicted molar refractivity (Wildman–Crippen MR) is 54.5 cm³/mol. The third-order valence-electron chi connectivity index (χ3n) is 3.16. The van der Waals surface area contributed by atoms with E-state index < -0.39 is 21.7 Å². The second-order valence-electron chi connectivity index (χ2n) is 4.34. The molecule has 0 aromatic carbocycles. The Balaban J connectivity index is 2.07. The Kier molecular flexibility index (Phi) is 2.65. The summed E-state index contributed by atoms with van der Waals surface area (Å²) in [6.07, 6.45) is 0.423. The van der Waals surface area contributed by atoms with Crippen LogP contribution in [0.4, 0.5) is 0 Å². The van der Waals surface area contributed by atoms with E-state index in [1.165, 1.54) is 4.90 Å². The SMILES string of the molecule is O=C(O)[C@@H]1CC(=O)N([C@@H]2CCS(=O)(=O)C2)C1. The summed E-state index contributed by atoms with van der Waals surface area (Å²) < 4.78 is 22.5. The van der Waals surface area contributed by atoms with Crippen molar-refractivity contribution < 1.29 is 23.1 Å². The van der Waals surface area contributed by atoms with Gasteiger partial charge in [-0.25, -0.2) is 8.42 Å². The molecule has 2 aliphatic rings. The van der Waals surface area contributed by atoms with Gasteiger partial charge in [-0.3, -0.25) is 9.59 Å². The molecule has 0 bridgehead atoms. The molecule has 90 valence electrons. The van der Waals surface area contributed by atoms with E-state index in [1.807, 2.05) is 0 Å². The molecule has 16 heavy (non-hydrogen) atoms. The molecular formula is C9H13NO5S. The zero-order valence-electron chi connectivity index (χ0n) is 8.63. The Morgan fingerprint density at radius 1 is 1.44 bits per heavy atom. The van der Waals surface area contributed by atoms with E-state index in [0.29, 0.717) is 6.42 Å². The summed E-state index contributed by atoms with van der Waals surface area (Å²) in [5.41, 5.74) is 0. The van der Waals surface area contributed by atoms with Gasteiger partial charge >= 0.3 is 5.97 Å². The predicted octanol–water partition coefficient (Wildman–Crippen LogP) is -0.893. The van der Waals surface area contributed by atoms with Crippen LogP contribution in [-0.4, -0.2) is 54.4 Å². The largest absolute Gasteiger partial charge is 0.481 e. The number of aliphatic carboxylic acids is 1. The minimum atomic E-state index is -3.04. The first-order valence-electron chi connectivity index (χ1n) is 5.12. The molecule has 0 aromatic heterocycles. The molecular weight excluding hydrogens is 234 g/mol. The molecule has 1 amide bonds. The Bertz CT molecular complexity index is 429. The second-order valence-corrected chi connectivity index (χ2v) is 6.57. The number of carbonyl (C=O) groups is 2. The Morgan fingerprint density at radius 3 is 2.56 bits per heavy atom. The first kappa shape index (κ1) is 11.4. The lowest BCUT2D eigenvalue weighted by Crippen LogP contribution is -2.37. The van der Waals surface area contributed by atoms with Crippen molar-refractivity contribution in [1.82, 2.24) is 4.90 Å². The topological polar surface area (TPSA) is 91.8 Å². The number of carboxylic acids is 1. The average Bonchev–Trinajstić information content (AvgIpc) is 2.69. The van der Waals surface area contributed by atoms with Crippen LogP contribution >= 0.6 is 0 Å². The maximum Gasteiger partial charge on any atom is 0.308 e. The number of hydrogen-bond acceptors (Lipinski definition) is 4. The number of sulfone groups is 1. The fourth-order valence-electron chi connectivity index (χ4n) is 2.27. The average molecular weight is 247 g/mol. The van der Waals surface area contributed by atoms with Crippen LogP contribution in [0.25, 0.3) is 0 Å². The van der Waals surface area contributed by atoms with Gasteiger partial charge in [0.1, 0.15) is 0 Å². The van der Waals surface area contributed by atoms with E-state index in [1.54, 1.807) is 0 Å². The van der Waals surface area contributed by atoms with E-state index in [-0.39, 0.29) is 36.4 Å². The van der Waals surface area contributed by atoms with E-state index >= 15 is 0 Å². The molecule has 1 N–H and O–H groups in total. The summed E-state index contributed by atoms with van der Waals surface area (Å²) in [6.45, 7) is 0.147. The van der Waals surface area contributed by atoms with Gasteiger partial charge in [0.25, 0.3) is 0 Å². The highest BCUT2D eigenvalue weighted by atomic mass is 32.2. The molecule has 6 nitrogen and oxygen atoms in total. The van der Waals surface area contributed by atoms with Crippen molar-refractivity contribution in [2.24, 2.45) is 5.92 Å². The van der Waals surface area contributed by atoms with Crippen LogP contribution in [0.15, 0.2) is 0 Å². The van der Waals surface area contributed by atoms with Crippen LogP contribution in [0.3, 0.4) is 0 Å². The molecule has 0 aliphatic carbocycles. The molecule has 7 heteroatoms. The molecule has 2 aliphatic heterocycles. The van der Waals surface area contributed by atoms with Gasteiger partial charge in [-0.2, -0.15) is 0 Å². The maximum absolute atomic E-state index is 11.6. The Hall–Kier alpha value is -1.11. The summed E-state index contributed by atoms with van der Waals surface area (Å²) in [4.78, 5) is 23.7. The van der Waals surface area contributed by atoms with Crippen molar-refractivity contribution in [3.8, 4) is 0 Å². The molecule has 2 heterocycles. The fourth-order valence-corrected chi connectivity index (χ4v) is 4.00. The van der Waals surface area contributed by atoms with Gasteiger partial charge in [-0.15, -0.1) is 0 Å². The van der Waals surface area contributed by atoms with Gasteiger partial charge in [-0.05, 0) is 6.42 Å². The van der Waals surface area contributed by atoms with Gasteiger partial charge in [0, 0.05) is 19.0 Å². The third kappa shape index (κ3) is 2.04. The van der Waals surface area contributed by atoms with Crippen molar-refractivity contribution >= 4 is 21.7 Å². The molecule has 2 atom stereocenters. The number of likely N-dealkylation sites (tertiary alicyclic amines) is 1. The van der Waals surface area contributed by atoms with Gasteiger partial charge in [0.2, 0.25) is 5.91 Å². The molecule has 2 saturated heterocycles. The smallest absolute Gasteiger partial charge is 0.308 e. The van der Waals surface area contributed by atoms with E-state index in [9.17, 15) is 18.0 Å². The minimum absolute atomic E-state index is 0.00805. The molecule has 2 rings (SSSR count). The van der Waals surface area contributed by atoms with Crippen LogP contribution in [0.5, 0.6) is 0 Å². The summed E-state index contributed by atoms with van der Waals surface area (Å²) in [5, 5.41) is 8.80. The molecule has 0 saturated carbocycles. The van der Waals surface area contributed by atoms with Crippen LogP contribution in [0, 0.1) is 5.92 Å². The first-order valence-corrected chi connectivity index (χ1v) is 6.94. The number of rotatable bonds is 2. The summed E-state index contributed by atoms with van der Waals surface area (Å²) in [7, 11) is -3.04. The number of amides is 1. The third-order valence-corrected chi connectivity index (χ3v) is 4.91. The molecule has 0 unspecified atom stereocenters. The van der Waals surface area contributed by atoms with Gasteiger partial charge in [0.15, 0.2) is 9.84 Å². The molecule has 0 aromatic rings. The lowest BCUT2D eigenvalue weighted by molar-refractivity contribution is -0.141. The quantitative estimate of drug-likeness (QED) is 0.683. The molecule has 0 radical (unpaired) electrons. The standard InChI is InChI=1S/C9H13NO5S/c11-8-3-6(9(12)13)4-10(8)7-1-2-16(14,15)5-7/h6-7H,1-5H2,(H,12,13)/t6-,7-/m1/s1. The number of carbonyl (C=O) groups excluding carboxylic acids is 1. The summed E-state index contributed by atoms with van der Waals surface area (Å²) in [6, 6.07) is -0.318. The number of hydrogen-bond donors (Lipinski definition) is 1. The van der Waals surface area contributed by atoms with Crippen molar-refractivity contribution in [3.63, 3.8) is 0 Å². The van der Waals surface area contributed by atoms with E-state index in [4.69, 9.17) is 5.11 Å². The summed E-state index contributed by atoms with van der Waals surface area (Å²) in [5.74, 6) is -1.84. The van der Waals surface area contributed by atoms with E-state index in [0.717, 1.165) is 0 Å². The zero-order valence-corrected chi connectivity index (χ0v) is 9.44. The number of nitrogens with zero attached hydrogens (tertiary/aromatic N) is 1. The maximum atomic E-state index is 11.6. The highest BCUT2D eigenvalue weighted by Gasteiger charge is 2.41. The second kappa shape index (κ2) is 3.73. The van der Waals surface area contributed by atoms with Crippen LogP contribution in [0.1, 0.15) is 12.8 Å². The minimum Gasteiger partial charge on any atom is -0.481 e. The van der Waals surface area contributed by atoms with Gasteiger partial charge in [-0.1, -0.05) is 0 Å². The van der Waals surface area contributed by atoms with Crippen molar-refractivity contribution in [2.45, 2.75) is 18.9 Å². The highest BCUT2D eigenvalue weighted by Crippen LogP contribution is 2.26. The van der Waals surface area contributed by atoms with Crippen molar-refractivity contribution in [2.75, 3.05) is 18.1 Å². The summed E-state index contributed by atoms with van der Waals surface area (Å²) >= 11 is 0. The molecule has 0 spiro atoms.